The van der Waals surface area contributed by atoms with Gasteiger partial charge < -0.3 is 31.5 Å². The maximum Gasteiger partial charge on any atom is 0.326 e. The zero-order chi connectivity index (χ0) is 25.4. The van der Waals surface area contributed by atoms with Gasteiger partial charge in [-0.1, -0.05) is 18.2 Å². The van der Waals surface area contributed by atoms with Crippen LogP contribution in [0.15, 0.2) is 54.6 Å². The number of anilines is 4. The molecule has 0 aliphatic rings. The first kappa shape index (κ1) is 24.9. The second kappa shape index (κ2) is 11.4. The molecule has 0 unspecified atom stereocenters. The standard InChI is InChI=1S/C23H25N7O5/c1-30(16-5-3-2-4-6-16)23-28-18(27-22(24)29-23)13-25-15-9-7-14(8-10-15)20(33)26-17(21(34)35)11-12-19(31)32/h2-10,17,25H,11-13H2,1H3,(H,26,33)(H,31,32)(H,34,35)(H2,24,27,28,29)/t17-/m0/s1. The van der Waals surface area contributed by atoms with E-state index < -0.39 is 23.9 Å². The molecule has 0 bridgehead atoms. The maximum atomic E-state index is 12.4. The van der Waals surface area contributed by atoms with E-state index in [1.807, 2.05) is 37.4 Å². The number of hydrogen-bond donors (Lipinski definition) is 5. The highest BCUT2D eigenvalue weighted by Crippen LogP contribution is 2.20. The third-order valence-corrected chi connectivity index (χ3v) is 4.98. The third kappa shape index (κ3) is 7.12. The molecule has 1 atom stereocenters. The first-order valence-corrected chi connectivity index (χ1v) is 10.6. The van der Waals surface area contributed by atoms with E-state index in [-0.39, 0.29) is 30.9 Å². The summed E-state index contributed by atoms with van der Waals surface area (Å²) in [4.78, 5) is 48.9. The van der Waals surface area contributed by atoms with E-state index in [0.717, 1.165) is 5.69 Å². The van der Waals surface area contributed by atoms with Gasteiger partial charge in [0.15, 0.2) is 5.82 Å². The van der Waals surface area contributed by atoms with Gasteiger partial charge in [-0.05, 0) is 42.8 Å². The summed E-state index contributed by atoms with van der Waals surface area (Å²) < 4.78 is 0. The molecular formula is C23H25N7O5. The number of nitrogens with zero attached hydrogens (tertiary/aromatic N) is 4. The zero-order valence-electron chi connectivity index (χ0n) is 18.9. The highest BCUT2D eigenvalue weighted by molar-refractivity contribution is 5.96. The van der Waals surface area contributed by atoms with Crippen LogP contribution < -0.4 is 21.3 Å². The van der Waals surface area contributed by atoms with Gasteiger partial charge in [-0.3, -0.25) is 9.59 Å². The normalized spacial score (nSPS) is 11.3. The Bertz CT molecular complexity index is 1190. The van der Waals surface area contributed by atoms with Crippen LogP contribution in [0.5, 0.6) is 0 Å². The Balaban J connectivity index is 1.62. The minimum atomic E-state index is -1.30. The molecule has 1 amide bonds. The first-order valence-electron chi connectivity index (χ1n) is 10.6. The molecule has 2 aromatic carbocycles. The largest absolute Gasteiger partial charge is 0.481 e. The number of carbonyl (C=O) groups excluding carboxylic acids is 1. The summed E-state index contributed by atoms with van der Waals surface area (Å²) in [6.45, 7) is 0.240. The lowest BCUT2D eigenvalue weighted by Gasteiger charge is -2.18. The number of aliphatic carboxylic acids is 2. The van der Waals surface area contributed by atoms with Crippen LogP contribution in [0.4, 0.5) is 23.3 Å². The van der Waals surface area contributed by atoms with Crippen LogP contribution in [-0.4, -0.2) is 56.1 Å². The lowest BCUT2D eigenvalue weighted by molar-refractivity contribution is -0.140. The van der Waals surface area contributed by atoms with E-state index >= 15 is 0 Å². The molecule has 35 heavy (non-hydrogen) atoms. The van der Waals surface area contributed by atoms with E-state index in [2.05, 4.69) is 25.6 Å². The van der Waals surface area contributed by atoms with Crippen LogP contribution in [0.25, 0.3) is 0 Å². The molecule has 0 radical (unpaired) electrons. The van der Waals surface area contributed by atoms with Crippen molar-refractivity contribution < 1.29 is 24.6 Å². The van der Waals surface area contributed by atoms with Crippen LogP contribution in [-0.2, 0) is 16.1 Å². The topological polar surface area (TPSA) is 184 Å². The van der Waals surface area contributed by atoms with Crippen molar-refractivity contribution in [3.63, 3.8) is 0 Å². The Morgan fingerprint density at radius 3 is 2.31 bits per heavy atom. The lowest BCUT2D eigenvalue weighted by atomic mass is 10.1. The number of nitrogens with one attached hydrogen (secondary N) is 2. The number of carboxylic acid groups (broad SMARTS) is 2. The van der Waals surface area contributed by atoms with E-state index in [1.54, 1.807) is 17.0 Å². The van der Waals surface area contributed by atoms with Crippen LogP contribution in [0.1, 0.15) is 29.0 Å². The van der Waals surface area contributed by atoms with Crippen molar-refractivity contribution >= 4 is 41.1 Å². The summed E-state index contributed by atoms with van der Waals surface area (Å²) in [6, 6.07) is 14.6. The van der Waals surface area contributed by atoms with Crippen molar-refractivity contribution in [1.29, 1.82) is 0 Å². The average Bonchev–Trinajstić information content (AvgIpc) is 2.85. The van der Waals surface area contributed by atoms with Gasteiger partial charge in [0.25, 0.3) is 5.91 Å². The van der Waals surface area contributed by atoms with Crippen molar-refractivity contribution in [2.75, 3.05) is 23.0 Å². The molecule has 6 N–H and O–H groups in total. The number of hydrogen-bond acceptors (Lipinski definition) is 9. The van der Waals surface area contributed by atoms with Gasteiger partial charge in [0.1, 0.15) is 6.04 Å². The molecule has 0 aliphatic heterocycles. The number of nitrogen functional groups attached to an aromatic ring is 1. The molecule has 12 heteroatoms. The van der Waals surface area contributed by atoms with Crippen molar-refractivity contribution in [3.8, 4) is 0 Å². The summed E-state index contributed by atoms with van der Waals surface area (Å²) in [6.07, 6.45) is -0.586. The molecule has 3 aromatic rings. The van der Waals surface area contributed by atoms with Crippen molar-refractivity contribution in [2.45, 2.75) is 25.4 Å². The average molecular weight is 479 g/mol. The highest BCUT2D eigenvalue weighted by atomic mass is 16.4. The predicted molar refractivity (Wildman–Crippen MR) is 128 cm³/mol. The monoisotopic (exact) mass is 479 g/mol. The summed E-state index contributed by atoms with van der Waals surface area (Å²) in [5.41, 5.74) is 7.64. The zero-order valence-corrected chi connectivity index (χ0v) is 18.9. The predicted octanol–water partition coefficient (Wildman–Crippen LogP) is 1.88. The third-order valence-electron chi connectivity index (χ3n) is 4.98. The maximum absolute atomic E-state index is 12.4. The van der Waals surface area contributed by atoms with Gasteiger partial charge in [0.2, 0.25) is 11.9 Å². The highest BCUT2D eigenvalue weighted by Gasteiger charge is 2.21. The number of carbonyl (C=O) groups is 3. The van der Waals surface area contributed by atoms with E-state index in [1.165, 1.54) is 12.1 Å². The van der Waals surface area contributed by atoms with Crippen LogP contribution in [0, 0.1) is 0 Å². The van der Waals surface area contributed by atoms with Gasteiger partial charge in [0.05, 0.1) is 6.54 Å². The molecule has 0 saturated carbocycles. The molecule has 1 aromatic heterocycles. The number of rotatable bonds is 11. The molecule has 0 aliphatic carbocycles. The Labute approximate surface area is 200 Å². The molecule has 3 rings (SSSR count). The number of benzene rings is 2. The fourth-order valence-corrected chi connectivity index (χ4v) is 3.11. The Kier molecular flexibility index (Phi) is 8.11. The van der Waals surface area contributed by atoms with Crippen LogP contribution in [0.3, 0.4) is 0 Å². The summed E-state index contributed by atoms with van der Waals surface area (Å²) in [5, 5.41) is 23.4. The quantitative estimate of drug-likeness (QED) is 0.270. The lowest BCUT2D eigenvalue weighted by Crippen LogP contribution is -2.41. The van der Waals surface area contributed by atoms with E-state index in [9.17, 15) is 19.5 Å². The second-order valence-electron chi connectivity index (χ2n) is 7.53. The van der Waals surface area contributed by atoms with Crippen LogP contribution in [0.2, 0.25) is 0 Å². The van der Waals surface area contributed by atoms with Gasteiger partial charge in [-0.15, -0.1) is 0 Å². The van der Waals surface area contributed by atoms with Crippen molar-refractivity contribution in [2.24, 2.45) is 0 Å². The summed E-state index contributed by atoms with van der Waals surface area (Å²) >= 11 is 0. The number of aromatic nitrogens is 3. The smallest absolute Gasteiger partial charge is 0.326 e. The SMILES string of the molecule is CN(c1ccccc1)c1nc(N)nc(CNc2ccc(C(=O)N[C@@H](CCC(=O)O)C(=O)O)cc2)n1. The molecule has 0 saturated heterocycles. The van der Waals surface area contributed by atoms with E-state index in [0.29, 0.717) is 17.5 Å². The van der Waals surface area contributed by atoms with Gasteiger partial charge in [-0.25, -0.2) is 4.79 Å². The Morgan fingerprint density at radius 1 is 1.00 bits per heavy atom. The first-order chi connectivity index (χ1) is 16.7. The van der Waals surface area contributed by atoms with Gasteiger partial charge in [0, 0.05) is 30.4 Å². The Hall–Kier alpha value is -4.74. The van der Waals surface area contributed by atoms with Crippen molar-refractivity contribution in [1.82, 2.24) is 20.3 Å². The second-order valence-corrected chi connectivity index (χ2v) is 7.53. The molecular weight excluding hydrogens is 454 g/mol. The van der Waals surface area contributed by atoms with E-state index in [4.69, 9.17) is 10.8 Å². The van der Waals surface area contributed by atoms with Crippen molar-refractivity contribution in [3.05, 3.63) is 66.0 Å². The Morgan fingerprint density at radius 2 is 1.69 bits per heavy atom. The number of amides is 1. The van der Waals surface area contributed by atoms with Crippen LogP contribution >= 0.6 is 0 Å². The minimum Gasteiger partial charge on any atom is -0.481 e. The molecule has 182 valence electrons. The number of para-hydroxylation sites is 1. The number of nitrogens with two attached hydrogens (primary N) is 1. The molecule has 1 heterocycles. The minimum absolute atomic E-state index is 0.0810. The fraction of sp³-hybridized carbons (Fsp3) is 0.217. The summed E-state index contributed by atoms with van der Waals surface area (Å²) in [5.74, 6) is -2.17. The van der Waals surface area contributed by atoms with Gasteiger partial charge in [-0.2, -0.15) is 15.0 Å². The van der Waals surface area contributed by atoms with Gasteiger partial charge >= 0.3 is 11.9 Å². The molecule has 0 fully saturated rings. The fourth-order valence-electron chi connectivity index (χ4n) is 3.11. The molecule has 12 nitrogen and oxygen atoms in total. The summed E-state index contributed by atoms with van der Waals surface area (Å²) in [7, 11) is 1.82. The molecule has 0 spiro atoms. The number of carboxylic acids is 2.